The van der Waals surface area contributed by atoms with Crippen LogP contribution in [0.5, 0.6) is 0 Å². The van der Waals surface area contributed by atoms with E-state index in [9.17, 15) is 4.79 Å². The first-order chi connectivity index (χ1) is 8.75. The molecule has 0 atom stereocenters. The molecule has 5 nitrogen and oxygen atoms in total. The maximum atomic E-state index is 11.3. The van der Waals surface area contributed by atoms with Gasteiger partial charge in [-0.2, -0.15) is 0 Å². The Labute approximate surface area is 103 Å². The van der Waals surface area contributed by atoms with Gasteiger partial charge in [0.15, 0.2) is 0 Å². The van der Waals surface area contributed by atoms with E-state index in [1.54, 1.807) is 24.5 Å². The number of carbonyl (C=O) groups is 1. The number of aromatic nitrogens is 3. The van der Waals surface area contributed by atoms with Crippen molar-refractivity contribution in [2.75, 3.05) is 0 Å². The van der Waals surface area contributed by atoms with Crippen molar-refractivity contribution >= 4 is 16.9 Å². The molecule has 0 bridgehead atoms. The minimum Gasteiger partial charge on any atom is -0.364 e. The van der Waals surface area contributed by atoms with E-state index in [0.717, 1.165) is 16.6 Å². The minimum absolute atomic E-state index is 0.255. The number of nitrogens with one attached hydrogen (secondary N) is 1. The summed E-state index contributed by atoms with van der Waals surface area (Å²) < 4.78 is 0. The molecule has 0 unspecified atom stereocenters. The number of amides is 1. The number of fused-ring (bicyclic) bond motifs is 1. The molecule has 5 heteroatoms. The molecule has 1 amide bonds. The van der Waals surface area contributed by atoms with Crippen LogP contribution in [-0.2, 0) is 0 Å². The summed E-state index contributed by atoms with van der Waals surface area (Å²) in [6.45, 7) is 0. The lowest BCUT2D eigenvalue weighted by molar-refractivity contribution is 0.0996. The molecule has 0 spiro atoms. The van der Waals surface area contributed by atoms with Crippen molar-refractivity contribution in [1.82, 2.24) is 15.0 Å². The first-order valence-electron chi connectivity index (χ1n) is 5.44. The number of nitrogens with two attached hydrogens (primary N) is 1. The predicted octanol–water partition coefficient (Wildman–Crippen LogP) is 1.72. The van der Waals surface area contributed by atoms with Gasteiger partial charge in [-0.25, -0.2) is 0 Å². The van der Waals surface area contributed by atoms with E-state index in [4.69, 9.17) is 5.73 Å². The Bertz CT molecular complexity index is 732. The summed E-state index contributed by atoms with van der Waals surface area (Å²) in [4.78, 5) is 22.7. The maximum absolute atomic E-state index is 11.3. The van der Waals surface area contributed by atoms with Crippen molar-refractivity contribution in [2.45, 2.75) is 0 Å². The number of pyridine rings is 2. The molecule has 0 fully saturated rings. The van der Waals surface area contributed by atoms with Crippen LogP contribution >= 0.6 is 0 Å². The molecule has 3 aromatic heterocycles. The Morgan fingerprint density at radius 1 is 1.28 bits per heavy atom. The second-order valence-corrected chi connectivity index (χ2v) is 3.90. The van der Waals surface area contributed by atoms with Gasteiger partial charge in [0.25, 0.3) is 5.91 Å². The Balaban J connectivity index is 2.22. The highest BCUT2D eigenvalue weighted by molar-refractivity contribution is 5.98. The highest BCUT2D eigenvalue weighted by atomic mass is 16.1. The number of H-pyrrole nitrogens is 1. The third kappa shape index (κ3) is 1.62. The first-order valence-corrected chi connectivity index (χ1v) is 5.44. The lowest BCUT2D eigenvalue weighted by Crippen LogP contribution is -2.14. The van der Waals surface area contributed by atoms with Crippen molar-refractivity contribution in [3.8, 4) is 11.1 Å². The highest BCUT2D eigenvalue weighted by Crippen LogP contribution is 2.23. The van der Waals surface area contributed by atoms with Crippen LogP contribution in [0.15, 0.2) is 42.9 Å². The fourth-order valence-corrected chi connectivity index (χ4v) is 1.92. The van der Waals surface area contributed by atoms with Gasteiger partial charge >= 0.3 is 0 Å². The topological polar surface area (TPSA) is 84.7 Å². The van der Waals surface area contributed by atoms with E-state index in [1.165, 1.54) is 0 Å². The van der Waals surface area contributed by atoms with Gasteiger partial charge < -0.3 is 10.7 Å². The Morgan fingerprint density at radius 2 is 2.17 bits per heavy atom. The average molecular weight is 238 g/mol. The Hall–Kier alpha value is -2.69. The summed E-state index contributed by atoms with van der Waals surface area (Å²) in [7, 11) is 0. The number of primary amides is 1. The van der Waals surface area contributed by atoms with Gasteiger partial charge in [-0.15, -0.1) is 0 Å². The molecule has 0 radical (unpaired) electrons. The lowest BCUT2D eigenvalue weighted by Gasteiger charge is -2.05. The summed E-state index contributed by atoms with van der Waals surface area (Å²) in [5, 5.41) is 0. The first kappa shape index (κ1) is 10.5. The molecule has 0 saturated carbocycles. The van der Waals surface area contributed by atoms with E-state index in [-0.39, 0.29) is 5.69 Å². The normalized spacial score (nSPS) is 10.7. The maximum Gasteiger partial charge on any atom is 0.267 e. The predicted molar refractivity (Wildman–Crippen MR) is 67.8 cm³/mol. The molecule has 0 aliphatic carbocycles. The number of carbonyl (C=O) groups excluding carboxylic acids is 1. The molecule has 0 saturated heterocycles. The smallest absolute Gasteiger partial charge is 0.267 e. The second kappa shape index (κ2) is 3.96. The molecule has 0 aliphatic heterocycles. The van der Waals surface area contributed by atoms with Gasteiger partial charge in [0.1, 0.15) is 5.69 Å². The number of hydrogen-bond donors (Lipinski definition) is 2. The fourth-order valence-electron chi connectivity index (χ4n) is 1.92. The summed E-state index contributed by atoms with van der Waals surface area (Å²) in [6.07, 6.45) is 5.07. The van der Waals surface area contributed by atoms with Crippen molar-refractivity contribution < 1.29 is 4.79 Å². The zero-order valence-electron chi connectivity index (χ0n) is 9.42. The number of rotatable bonds is 2. The largest absolute Gasteiger partial charge is 0.364 e. The third-order valence-electron chi connectivity index (χ3n) is 2.75. The SMILES string of the molecule is NC(=O)c1ncccc1-c1cnc2cc[nH]c2c1. The molecule has 3 heterocycles. The summed E-state index contributed by atoms with van der Waals surface area (Å²) in [6, 6.07) is 7.38. The highest BCUT2D eigenvalue weighted by Gasteiger charge is 2.11. The molecule has 3 N–H and O–H groups in total. The zero-order chi connectivity index (χ0) is 12.5. The van der Waals surface area contributed by atoms with Gasteiger partial charge in [0.2, 0.25) is 0 Å². The Kier molecular flexibility index (Phi) is 2.30. The van der Waals surface area contributed by atoms with Crippen LogP contribution in [0.25, 0.3) is 22.2 Å². The zero-order valence-corrected chi connectivity index (χ0v) is 9.42. The standard InChI is InChI=1S/C13H10N4O/c14-13(18)12-9(2-1-4-16-12)8-6-11-10(17-7-8)3-5-15-11/h1-7,15H,(H2,14,18). The van der Waals surface area contributed by atoms with Gasteiger partial charge in [0, 0.05) is 29.7 Å². The van der Waals surface area contributed by atoms with E-state index in [0.29, 0.717) is 5.56 Å². The van der Waals surface area contributed by atoms with Crippen LogP contribution < -0.4 is 5.73 Å². The summed E-state index contributed by atoms with van der Waals surface area (Å²) >= 11 is 0. The molecule has 0 aliphatic rings. The van der Waals surface area contributed by atoms with Crippen LogP contribution in [0.1, 0.15) is 10.5 Å². The number of nitrogens with zero attached hydrogens (tertiary/aromatic N) is 2. The van der Waals surface area contributed by atoms with Crippen LogP contribution in [-0.4, -0.2) is 20.9 Å². The second-order valence-electron chi connectivity index (χ2n) is 3.90. The summed E-state index contributed by atoms with van der Waals surface area (Å²) in [5.74, 6) is -0.544. The lowest BCUT2D eigenvalue weighted by atomic mass is 10.1. The molecule has 88 valence electrons. The summed E-state index contributed by atoms with van der Waals surface area (Å²) in [5.41, 5.74) is 8.86. The number of aromatic amines is 1. The molecule has 0 aromatic carbocycles. The van der Waals surface area contributed by atoms with Crippen LogP contribution in [0.2, 0.25) is 0 Å². The van der Waals surface area contributed by atoms with Gasteiger partial charge in [-0.1, -0.05) is 6.07 Å². The van der Waals surface area contributed by atoms with Crippen molar-refractivity contribution in [3.05, 3.63) is 48.5 Å². The van der Waals surface area contributed by atoms with E-state index >= 15 is 0 Å². The van der Waals surface area contributed by atoms with Gasteiger partial charge in [-0.3, -0.25) is 14.8 Å². The minimum atomic E-state index is -0.544. The van der Waals surface area contributed by atoms with Crippen molar-refractivity contribution in [2.24, 2.45) is 5.73 Å². The van der Waals surface area contributed by atoms with Gasteiger partial charge in [-0.05, 0) is 18.2 Å². The molecule has 3 aromatic rings. The quantitative estimate of drug-likeness (QED) is 0.712. The fraction of sp³-hybridized carbons (Fsp3) is 0. The van der Waals surface area contributed by atoms with Gasteiger partial charge in [0.05, 0.1) is 11.0 Å². The van der Waals surface area contributed by atoms with Crippen LogP contribution in [0.4, 0.5) is 0 Å². The molecule has 3 rings (SSSR count). The molecular weight excluding hydrogens is 228 g/mol. The average Bonchev–Trinajstić information content (AvgIpc) is 2.85. The van der Waals surface area contributed by atoms with Crippen LogP contribution in [0, 0.1) is 0 Å². The molecule has 18 heavy (non-hydrogen) atoms. The third-order valence-corrected chi connectivity index (χ3v) is 2.75. The van der Waals surface area contributed by atoms with Crippen molar-refractivity contribution in [1.29, 1.82) is 0 Å². The molecular formula is C13H10N4O. The van der Waals surface area contributed by atoms with Crippen LogP contribution in [0.3, 0.4) is 0 Å². The Morgan fingerprint density at radius 3 is 3.00 bits per heavy atom. The van der Waals surface area contributed by atoms with Crippen molar-refractivity contribution in [3.63, 3.8) is 0 Å². The van der Waals surface area contributed by atoms with E-state index in [2.05, 4.69) is 15.0 Å². The van der Waals surface area contributed by atoms with E-state index in [1.807, 2.05) is 18.3 Å². The van der Waals surface area contributed by atoms with E-state index < -0.39 is 5.91 Å². The number of hydrogen-bond acceptors (Lipinski definition) is 3. The monoisotopic (exact) mass is 238 g/mol.